The average Bonchev–Trinajstić information content (AvgIpc) is 3.15. The van der Waals surface area contributed by atoms with Crippen LogP contribution in [0.4, 0.5) is 11.5 Å². The molecular formula is C21H24N8O. The summed E-state index contributed by atoms with van der Waals surface area (Å²) in [4.78, 5) is 22.3. The summed E-state index contributed by atoms with van der Waals surface area (Å²) in [5.41, 5.74) is 2.90. The molecule has 0 spiro atoms. The summed E-state index contributed by atoms with van der Waals surface area (Å²) in [6, 6.07) is 6.29. The minimum Gasteiger partial charge on any atom is -0.474 e. The van der Waals surface area contributed by atoms with Crippen molar-refractivity contribution in [2.75, 3.05) is 36.0 Å². The number of ether oxygens (including phenoxy) is 1. The number of rotatable bonds is 4. The molecule has 0 saturated carbocycles. The van der Waals surface area contributed by atoms with Crippen LogP contribution >= 0.6 is 0 Å². The lowest BCUT2D eigenvalue weighted by molar-refractivity contribution is 0.235. The Labute approximate surface area is 174 Å². The number of benzene rings is 1. The number of hydrogen-bond donors (Lipinski definition) is 0. The van der Waals surface area contributed by atoms with Gasteiger partial charge in [-0.2, -0.15) is 5.10 Å². The second kappa shape index (κ2) is 7.40. The lowest BCUT2D eigenvalue weighted by Crippen LogP contribution is -2.46. The van der Waals surface area contributed by atoms with E-state index >= 15 is 0 Å². The normalized spacial score (nSPS) is 14.8. The Morgan fingerprint density at radius 2 is 1.67 bits per heavy atom. The molecule has 9 nitrogen and oxygen atoms in total. The maximum absolute atomic E-state index is 5.89. The summed E-state index contributed by atoms with van der Waals surface area (Å²) in [6.07, 6.45) is 5.08. The summed E-state index contributed by atoms with van der Waals surface area (Å²) in [6.45, 7) is 7.54. The van der Waals surface area contributed by atoms with Gasteiger partial charge in [-0.05, 0) is 32.0 Å². The highest BCUT2D eigenvalue weighted by Gasteiger charge is 2.22. The monoisotopic (exact) mass is 404 g/mol. The van der Waals surface area contributed by atoms with E-state index in [2.05, 4.69) is 47.0 Å². The third-order valence-electron chi connectivity index (χ3n) is 5.38. The predicted octanol–water partition coefficient (Wildman–Crippen LogP) is 2.42. The quantitative estimate of drug-likeness (QED) is 0.513. The van der Waals surface area contributed by atoms with Crippen molar-refractivity contribution in [3.8, 4) is 5.88 Å². The van der Waals surface area contributed by atoms with E-state index in [-0.39, 0.29) is 6.10 Å². The highest BCUT2D eigenvalue weighted by Crippen LogP contribution is 2.29. The molecule has 30 heavy (non-hydrogen) atoms. The molecule has 0 aliphatic carbocycles. The second-order valence-electron chi connectivity index (χ2n) is 7.72. The number of anilines is 2. The van der Waals surface area contributed by atoms with Gasteiger partial charge in [-0.25, -0.2) is 19.9 Å². The third kappa shape index (κ3) is 3.26. The Balaban J connectivity index is 1.38. The molecule has 0 bridgehead atoms. The van der Waals surface area contributed by atoms with E-state index in [1.165, 1.54) is 0 Å². The molecule has 5 rings (SSSR count). The van der Waals surface area contributed by atoms with E-state index in [1.807, 2.05) is 33.2 Å². The van der Waals surface area contributed by atoms with Crippen LogP contribution in [0.25, 0.3) is 21.9 Å². The minimum absolute atomic E-state index is 0.0625. The van der Waals surface area contributed by atoms with Crippen molar-refractivity contribution in [2.24, 2.45) is 7.05 Å². The molecule has 0 N–H and O–H groups in total. The maximum Gasteiger partial charge on any atom is 0.224 e. The summed E-state index contributed by atoms with van der Waals surface area (Å²) in [5.74, 6) is 1.59. The van der Waals surface area contributed by atoms with Crippen molar-refractivity contribution in [1.29, 1.82) is 0 Å². The van der Waals surface area contributed by atoms with Gasteiger partial charge >= 0.3 is 0 Å². The third-order valence-corrected chi connectivity index (χ3v) is 5.38. The molecule has 9 heteroatoms. The molecule has 154 valence electrons. The SMILES string of the molecule is CC(C)Oc1ncnc2ccc(N3CCN(c4ncnc5c4cnn5C)CC3)cc12. The zero-order chi connectivity index (χ0) is 20.7. The lowest BCUT2D eigenvalue weighted by atomic mass is 10.2. The predicted molar refractivity (Wildman–Crippen MR) is 116 cm³/mol. The lowest BCUT2D eigenvalue weighted by Gasteiger charge is -2.37. The molecular weight excluding hydrogens is 380 g/mol. The van der Waals surface area contributed by atoms with Crippen molar-refractivity contribution in [2.45, 2.75) is 20.0 Å². The van der Waals surface area contributed by atoms with Crippen molar-refractivity contribution in [1.82, 2.24) is 29.7 Å². The van der Waals surface area contributed by atoms with Gasteiger partial charge in [-0.15, -0.1) is 0 Å². The van der Waals surface area contributed by atoms with E-state index in [0.29, 0.717) is 5.88 Å². The Bertz CT molecular complexity index is 1200. The molecule has 1 saturated heterocycles. The van der Waals surface area contributed by atoms with Gasteiger partial charge in [0.05, 0.1) is 28.6 Å². The highest BCUT2D eigenvalue weighted by atomic mass is 16.5. The number of nitrogens with zero attached hydrogens (tertiary/aromatic N) is 8. The summed E-state index contributed by atoms with van der Waals surface area (Å²) in [5, 5.41) is 6.26. The molecule has 4 heterocycles. The topological polar surface area (TPSA) is 85.1 Å². The molecule has 1 aliphatic heterocycles. The highest BCUT2D eigenvalue weighted by molar-refractivity contribution is 5.88. The molecule has 1 aliphatic rings. The summed E-state index contributed by atoms with van der Waals surface area (Å²) >= 11 is 0. The van der Waals surface area contributed by atoms with Gasteiger partial charge in [0, 0.05) is 38.9 Å². The average molecular weight is 404 g/mol. The minimum atomic E-state index is 0.0625. The van der Waals surface area contributed by atoms with Crippen molar-refractivity contribution in [3.63, 3.8) is 0 Å². The molecule has 0 radical (unpaired) electrons. The first-order valence-corrected chi connectivity index (χ1v) is 10.1. The Morgan fingerprint density at radius 1 is 0.900 bits per heavy atom. The standard InChI is InChI=1S/C21H24N8O/c1-14(2)30-21-16-10-15(4-5-18(16)22-12-25-21)28-6-8-29(9-7-28)20-17-11-26-27(3)19(17)23-13-24-20/h4-5,10-14H,6-9H2,1-3H3. The molecule has 1 fully saturated rings. The first-order valence-electron chi connectivity index (χ1n) is 10.1. The van der Waals surface area contributed by atoms with Crippen LogP contribution in [-0.2, 0) is 7.05 Å². The van der Waals surface area contributed by atoms with Gasteiger partial charge in [-0.3, -0.25) is 4.68 Å². The maximum atomic E-state index is 5.89. The van der Waals surface area contributed by atoms with E-state index in [4.69, 9.17) is 4.74 Å². The number of piperazine rings is 1. The van der Waals surface area contributed by atoms with Crippen LogP contribution in [-0.4, -0.2) is 62.0 Å². The van der Waals surface area contributed by atoms with E-state index in [1.54, 1.807) is 17.3 Å². The van der Waals surface area contributed by atoms with Crippen LogP contribution in [0.2, 0.25) is 0 Å². The van der Waals surface area contributed by atoms with Crippen LogP contribution in [0.5, 0.6) is 5.88 Å². The fourth-order valence-corrected chi connectivity index (χ4v) is 3.91. The molecule has 0 atom stereocenters. The van der Waals surface area contributed by atoms with Crippen molar-refractivity contribution < 1.29 is 4.74 Å². The molecule has 3 aromatic heterocycles. The van der Waals surface area contributed by atoms with Crippen LogP contribution in [0.1, 0.15) is 13.8 Å². The van der Waals surface area contributed by atoms with Gasteiger partial charge in [0.25, 0.3) is 0 Å². The second-order valence-corrected chi connectivity index (χ2v) is 7.72. The Morgan fingerprint density at radius 3 is 2.47 bits per heavy atom. The molecule has 4 aromatic rings. The van der Waals surface area contributed by atoms with Gasteiger partial charge in [0.15, 0.2) is 5.65 Å². The molecule has 0 unspecified atom stereocenters. The number of hydrogen-bond acceptors (Lipinski definition) is 8. The first kappa shape index (κ1) is 18.5. The van der Waals surface area contributed by atoms with Gasteiger partial charge < -0.3 is 14.5 Å². The number of fused-ring (bicyclic) bond motifs is 2. The first-order chi connectivity index (χ1) is 14.6. The van der Waals surface area contributed by atoms with E-state index < -0.39 is 0 Å². The van der Waals surface area contributed by atoms with Crippen LogP contribution in [0.3, 0.4) is 0 Å². The van der Waals surface area contributed by atoms with Crippen LogP contribution in [0, 0.1) is 0 Å². The largest absolute Gasteiger partial charge is 0.474 e. The Kier molecular flexibility index (Phi) is 4.57. The van der Waals surface area contributed by atoms with Gasteiger partial charge in [0.1, 0.15) is 18.5 Å². The summed E-state index contributed by atoms with van der Waals surface area (Å²) < 4.78 is 7.67. The van der Waals surface area contributed by atoms with E-state index in [0.717, 1.165) is 59.6 Å². The fraction of sp³-hybridized carbons (Fsp3) is 0.381. The van der Waals surface area contributed by atoms with Gasteiger partial charge in [0.2, 0.25) is 5.88 Å². The fourth-order valence-electron chi connectivity index (χ4n) is 3.91. The Hall–Kier alpha value is -3.49. The van der Waals surface area contributed by atoms with Gasteiger partial charge in [-0.1, -0.05) is 0 Å². The molecule has 1 aromatic carbocycles. The smallest absolute Gasteiger partial charge is 0.224 e. The van der Waals surface area contributed by atoms with Crippen molar-refractivity contribution >= 4 is 33.4 Å². The zero-order valence-electron chi connectivity index (χ0n) is 17.4. The molecule has 0 amide bonds. The number of aromatic nitrogens is 6. The summed E-state index contributed by atoms with van der Waals surface area (Å²) in [7, 11) is 1.90. The van der Waals surface area contributed by atoms with Crippen molar-refractivity contribution in [3.05, 3.63) is 37.1 Å². The van der Waals surface area contributed by atoms with E-state index in [9.17, 15) is 0 Å². The van der Waals surface area contributed by atoms with Crippen LogP contribution < -0.4 is 14.5 Å². The van der Waals surface area contributed by atoms with Crippen LogP contribution in [0.15, 0.2) is 37.1 Å². The zero-order valence-corrected chi connectivity index (χ0v) is 17.4. The number of aryl methyl sites for hydroxylation is 1.